The Bertz CT molecular complexity index is 883. The van der Waals surface area contributed by atoms with E-state index in [0.717, 1.165) is 22.4 Å². The third kappa shape index (κ3) is 2.16. The van der Waals surface area contributed by atoms with Gasteiger partial charge in [-0.05, 0) is 12.1 Å². The van der Waals surface area contributed by atoms with Crippen LogP contribution in [0.4, 0.5) is 0 Å². The van der Waals surface area contributed by atoms with E-state index in [9.17, 15) is 0 Å². The Kier molecular flexibility index (Phi) is 2.97. The van der Waals surface area contributed by atoms with E-state index in [0.29, 0.717) is 11.7 Å². The molecule has 0 fully saturated rings. The summed E-state index contributed by atoms with van der Waals surface area (Å²) in [6, 6.07) is 13.6. The van der Waals surface area contributed by atoms with Gasteiger partial charge in [-0.2, -0.15) is 10.1 Å². The summed E-state index contributed by atoms with van der Waals surface area (Å²) in [4.78, 5) is 8.42. The Hall–Kier alpha value is -3.28. The van der Waals surface area contributed by atoms with Crippen LogP contribution in [0.1, 0.15) is 0 Å². The third-order valence-electron chi connectivity index (χ3n) is 3.30. The minimum Gasteiger partial charge on any atom is -0.333 e. The quantitative estimate of drug-likeness (QED) is 0.626. The first kappa shape index (κ1) is 12.5. The largest absolute Gasteiger partial charge is 0.333 e. The standard InChI is InChI=1S/C16H11N5O/c1-2-4-11(5-3-1)14-13(10-18-20-14)16-19-15(21-22-16)12-6-8-17-9-7-12/h1-10H,(H,18,20). The number of pyridine rings is 1. The fraction of sp³-hybridized carbons (Fsp3) is 0. The monoisotopic (exact) mass is 289 g/mol. The van der Waals surface area contributed by atoms with Gasteiger partial charge in [-0.15, -0.1) is 0 Å². The Labute approximate surface area is 125 Å². The molecule has 0 saturated carbocycles. The predicted molar refractivity (Wildman–Crippen MR) is 80.5 cm³/mol. The van der Waals surface area contributed by atoms with Crippen LogP contribution in [0.25, 0.3) is 34.1 Å². The van der Waals surface area contributed by atoms with Gasteiger partial charge in [0.2, 0.25) is 5.82 Å². The molecule has 0 aliphatic carbocycles. The first-order valence-electron chi connectivity index (χ1n) is 6.75. The number of aromatic nitrogens is 5. The Morgan fingerprint density at radius 1 is 0.909 bits per heavy atom. The lowest BCUT2D eigenvalue weighted by atomic mass is 10.1. The van der Waals surface area contributed by atoms with Gasteiger partial charge >= 0.3 is 0 Å². The molecule has 22 heavy (non-hydrogen) atoms. The van der Waals surface area contributed by atoms with Gasteiger partial charge in [0.05, 0.1) is 17.5 Å². The molecule has 0 radical (unpaired) electrons. The van der Waals surface area contributed by atoms with Gasteiger partial charge in [0.15, 0.2) is 0 Å². The van der Waals surface area contributed by atoms with Crippen LogP contribution < -0.4 is 0 Å². The highest BCUT2D eigenvalue weighted by atomic mass is 16.5. The van der Waals surface area contributed by atoms with Crippen LogP contribution >= 0.6 is 0 Å². The second kappa shape index (κ2) is 5.25. The van der Waals surface area contributed by atoms with Gasteiger partial charge in [-0.3, -0.25) is 10.1 Å². The van der Waals surface area contributed by atoms with Crippen LogP contribution in [0, 0.1) is 0 Å². The number of benzene rings is 1. The fourth-order valence-corrected chi connectivity index (χ4v) is 2.22. The molecule has 0 spiro atoms. The van der Waals surface area contributed by atoms with E-state index in [1.807, 2.05) is 42.5 Å². The zero-order chi connectivity index (χ0) is 14.8. The zero-order valence-corrected chi connectivity index (χ0v) is 11.5. The van der Waals surface area contributed by atoms with E-state index < -0.39 is 0 Å². The molecule has 0 atom stereocenters. The zero-order valence-electron chi connectivity index (χ0n) is 11.5. The highest BCUT2D eigenvalue weighted by molar-refractivity contribution is 5.76. The lowest BCUT2D eigenvalue weighted by molar-refractivity contribution is 0.432. The van der Waals surface area contributed by atoms with E-state index in [1.165, 1.54) is 0 Å². The molecule has 1 N–H and O–H groups in total. The molecular formula is C16H11N5O. The van der Waals surface area contributed by atoms with Crippen molar-refractivity contribution in [3.8, 4) is 34.1 Å². The summed E-state index contributed by atoms with van der Waals surface area (Å²) >= 11 is 0. The summed E-state index contributed by atoms with van der Waals surface area (Å²) in [6.45, 7) is 0. The summed E-state index contributed by atoms with van der Waals surface area (Å²) in [5, 5.41) is 11.1. The summed E-state index contributed by atoms with van der Waals surface area (Å²) in [5.41, 5.74) is 3.50. The van der Waals surface area contributed by atoms with Gasteiger partial charge in [-0.1, -0.05) is 35.5 Å². The van der Waals surface area contributed by atoms with Gasteiger partial charge in [0.1, 0.15) is 0 Å². The highest BCUT2D eigenvalue weighted by Crippen LogP contribution is 2.29. The first-order chi connectivity index (χ1) is 10.9. The van der Waals surface area contributed by atoms with Crippen molar-refractivity contribution in [3.05, 3.63) is 61.1 Å². The van der Waals surface area contributed by atoms with Crippen molar-refractivity contribution >= 4 is 0 Å². The molecular weight excluding hydrogens is 278 g/mol. The van der Waals surface area contributed by atoms with Crippen LogP contribution in [0.2, 0.25) is 0 Å². The molecule has 0 bridgehead atoms. The Morgan fingerprint density at radius 2 is 1.73 bits per heavy atom. The van der Waals surface area contributed by atoms with Crippen molar-refractivity contribution in [3.63, 3.8) is 0 Å². The maximum absolute atomic E-state index is 5.38. The highest BCUT2D eigenvalue weighted by Gasteiger charge is 2.16. The molecule has 4 aromatic rings. The molecule has 6 heteroatoms. The molecule has 1 aromatic carbocycles. The second-order valence-corrected chi connectivity index (χ2v) is 4.68. The van der Waals surface area contributed by atoms with Crippen LogP contribution in [0.3, 0.4) is 0 Å². The Balaban J connectivity index is 1.76. The minimum absolute atomic E-state index is 0.430. The minimum atomic E-state index is 0.430. The van der Waals surface area contributed by atoms with Gasteiger partial charge in [0, 0.05) is 23.5 Å². The van der Waals surface area contributed by atoms with Gasteiger partial charge in [-0.25, -0.2) is 0 Å². The molecule has 0 saturated heterocycles. The van der Waals surface area contributed by atoms with Gasteiger partial charge in [0.25, 0.3) is 5.89 Å². The van der Waals surface area contributed by atoms with E-state index >= 15 is 0 Å². The van der Waals surface area contributed by atoms with E-state index in [-0.39, 0.29) is 0 Å². The number of rotatable bonds is 3. The molecule has 0 aliphatic heterocycles. The fourth-order valence-electron chi connectivity index (χ4n) is 2.22. The molecule has 4 rings (SSSR count). The molecule has 0 aliphatic rings. The molecule has 3 aromatic heterocycles. The third-order valence-corrected chi connectivity index (χ3v) is 3.30. The normalized spacial score (nSPS) is 10.7. The van der Waals surface area contributed by atoms with Crippen molar-refractivity contribution < 1.29 is 4.52 Å². The number of hydrogen-bond acceptors (Lipinski definition) is 5. The molecule has 3 heterocycles. The molecule has 106 valence electrons. The van der Waals surface area contributed by atoms with Crippen molar-refractivity contribution in [2.75, 3.05) is 0 Å². The number of aromatic amines is 1. The maximum Gasteiger partial charge on any atom is 0.262 e. The maximum atomic E-state index is 5.38. The molecule has 6 nitrogen and oxygen atoms in total. The summed E-state index contributed by atoms with van der Waals surface area (Å²) in [5.74, 6) is 0.956. The van der Waals surface area contributed by atoms with Crippen molar-refractivity contribution in [1.29, 1.82) is 0 Å². The smallest absolute Gasteiger partial charge is 0.262 e. The van der Waals surface area contributed by atoms with Crippen LogP contribution in [0.15, 0.2) is 65.6 Å². The van der Waals surface area contributed by atoms with E-state index in [2.05, 4.69) is 25.3 Å². The van der Waals surface area contributed by atoms with E-state index in [4.69, 9.17) is 4.52 Å². The van der Waals surface area contributed by atoms with Crippen LogP contribution in [-0.2, 0) is 0 Å². The summed E-state index contributed by atoms with van der Waals surface area (Å²) in [7, 11) is 0. The predicted octanol–water partition coefficient (Wildman–Crippen LogP) is 3.19. The topological polar surface area (TPSA) is 80.5 Å². The summed E-state index contributed by atoms with van der Waals surface area (Å²) in [6.07, 6.45) is 5.07. The number of nitrogens with zero attached hydrogens (tertiary/aromatic N) is 4. The van der Waals surface area contributed by atoms with Crippen LogP contribution in [0.5, 0.6) is 0 Å². The lowest BCUT2D eigenvalue weighted by Crippen LogP contribution is -1.83. The molecule has 0 amide bonds. The number of hydrogen-bond donors (Lipinski definition) is 1. The van der Waals surface area contributed by atoms with Crippen molar-refractivity contribution in [1.82, 2.24) is 25.3 Å². The van der Waals surface area contributed by atoms with Crippen molar-refractivity contribution in [2.24, 2.45) is 0 Å². The average molecular weight is 289 g/mol. The van der Waals surface area contributed by atoms with E-state index in [1.54, 1.807) is 18.6 Å². The van der Waals surface area contributed by atoms with Crippen molar-refractivity contribution in [2.45, 2.75) is 0 Å². The number of H-pyrrole nitrogens is 1. The SMILES string of the molecule is c1ccc(-c2[nH]ncc2-c2nc(-c3ccncc3)no2)cc1. The first-order valence-corrected chi connectivity index (χ1v) is 6.75. The molecule has 0 unspecified atom stereocenters. The van der Waals surface area contributed by atoms with Gasteiger partial charge < -0.3 is 4.52 Å². The lowest BCUT2D eigenvalue weighted by Gasteiger charge is -1.98. The average Bonchev–Trinajstić information content (AvgIpc) is 3.25. The summed E-state index contributed by atoms with van der Waals surface area (Å²) < 4.78 is 5.38. The number of nitrogens with one attached hydrogen (secondary N) is 1. The Morgan fingerprint density at radius 3 is 2.55 bits per heavy atom. The second-order valence-electron chi connectivity index (χ2n) is 4.68. The van der Waals surface area contributed by atoms with Crippen LogP contribution in [-0.4, -0.2) is 25.3 Å².